The largest absolute Gasteiger partial charge is 0.463 e. The molecular weight excluding hydrogens is 794 g/mol. The quantitative estimate of drug-likeness (QED) is 0.101. The van der Waals surface area contributed by atoms with Crippen molar-refractivity contribution in [3.05, 3.63) is 88.0 Å². The first-order valence-corrected chi connectivity index (χ1v) is 18.8. The molecule has 0 radical (unpaired) electrons. The summed E-state index contributed by atoms with van der Waals surface area (Å²) >= 11 is 6.20. The normalized spacial score (nSPS) is 17.6. The van der Waals surface area contributed by atoms with E-state index < -0.39 is 85.1 Å². The molecule has 58 heavy (non-hydrogen) atoms. The van der Waals surface area contributed by atoms with Gasteiger partial charge in [-0.1, -0.05) is 29.8 Å². The minimum absolute atomic E-state index is 0.0117. The standard InChI is InChI=1S/C40H44ClF4N3O10/c1-39(2,3)58-38(52)48-19-28(54-20-27(48)21-55-34(50)13-14-40(43,44)45)10-11-29-25(17-46-18-30(29)42)15-31(49)36(47-37(51)53-4)35(23-5-8-26(41)9-6-23)24-7-12-32-33(16-24)57-22-56-32/h5-9,12,16-18,27-28,35-36H,10-11,13-15,19-22H2,1-4H3,(H,47,51)/t27-,28+,35-,36+/m0/s1. The number of alkyl halides is 3. The van der Waals surface area contributed by atoms with Crippen LogP contribution < -0.4 is 14.8 Å². The second kappa shape index (κ2) is 19.1. The molecule has 1 saturated heterocycles. The summed E-state index contributed by atoms with van der Waals surface area (Å²) in [4.78, 5) is 57.7. The number of aromatic nitrogens is 1. The Morgan fingerprint density at radius 1 is 1.02 bits per heavy atom. The second-order valence-corrected chi connectivity index (χ2v) is 15.2. The van der Waals surface area contributed by atoms with E-state index in [9.17, 15) is 32.3 Å². The Bertz CT molecular complexity index is 1940. The molecule has 0 saturated carbocycles. The van der Waals surface area contributed by atoms with E-state index in [-0.39, 0.29) is 50.3 Å². The summed E-state index contributed by atoms with van der Waals surface area (Å²) in [6.07, 6.45) is -6.92. The number of methoxy groups -OCH3 is 1. The number of ketones is 1. The molecule has 0 unspecified atom stereocenters. The van der Waals surface area contributed by atoms with E-state index in [4.69, 9.17) is 40.0 Å². The number of nitrogens with one attached hydrogen (secondary N) is 1. The van der Waals surface area contributed by atoms with E-state index in [1.165, 1.54) is 11.1 Å². The van der Waals surface area contributed by atoms with Crippen LogP contribution in [0.2, 0.25) is 5.02 Å². The van der Waals surface area contributed by atoms with Crippen LogP contribution in [0.25, 0.3) is 0 Å². The number of hydrogen-bond donors (Lipinski definition) is 1. The third kappa shape index (κ3) is 12.2. The van der Waals surface area contributed by atoms with E-state index in [1.54, 1.807) is 63.2 Å². The molecule has 0 spiro atoms. The molecule has 2 aromatic carbocycles. The zero-order valence-electron chi connectivity index (χ0n) is 32.2. The molecule has 0 aliphatic carbocycles. The Morgan fingerprint density at radius 2 is 1.72 bits per heavy atom. The maximum atomic E-state index is 15.6. The molecule has 1 N–H and O–H groups in total. The van der Waals surface area contributed by atoms with Crippen LogP contribution in [0.3, 0.4) is 0 Å². The van der Waals surface area contributed by atoms with Crippen molar-refractivity contribution in [3.63, 3.8) is 0 Å². The van der Waals surface area contributed by atoms with Crippen molar-refractivity contribution in [2.45, 2.75) is 88.8 Å². The van der Waals surface area contributed by atoms with Crippen molar-refractivity contribution >= 4 is 35.5 Å². The number of amides is 2. The average molecular weight is 838 g/mol. The fourth-order valence-electron chi connectivity index (χ4n) is 6.55. The van der Waals surface area contributed by atoms with E-state index in [0.717, 1.165) is 13.3 Å². The number of carbonyl (C=O) groups is 4. The number of benzene rings is 2. The predicted octanol–water partition coefficient (Wildman–Crippen LogP) is 7.09. The lowest BCUT2D eigenvalue weighted by molar-refractivity contribution is -0.160. The molecule has 13 nitrogen and oxygen atoms in total. The number of rotatable bonds is 14. The number of halogens is 5. The molecule has 4 atom stereocenters. The fraction of sp³-hybridized carbons (Fsp3) is 0.475. The number of alkyl carbamates (subject to hydrolysis) is 1. The zero-order chi connectivity index (χ0) is 42.2. The maximum absolute atomic E-state index is 15.6. The number of ether oxygens (including phenoxy) is 6. The highest BCUT2D eigenvalue weighted by atomic mass is 35.5. The van der Waals surface area contributed by atoms with Gasteiger partial charge >= 0.3 is 24.3 Å². The van der Waals surface area contributed by atoms with Gasteiger partial charge in [0.1, 0.15) is 24.1 Å². The summed E-state index contributed by atoms with van der Waals surface area (Å²) in [5.41, 5.74) is 0.701. The summed E-state index contributed by atoms with van der Waals surface area (Å²) in [5.74, 6) is -2.13. The van der Waals surface area contributed by atoms with Crippen molar-refractivity contribution in [2.24, 2.45) is 0 Å². The highest BCUT2D eigenvalue weighted by Crippen LogP contribution is 2.38. The molecule has 2 amide bonds. The fourth-order valence-corrected chi connectivity index (χ4v) is 6.67. The molecule has 2 aliphatic heterocycles. The Kier molecular flexibility index (Phi) is 14.4. The lowest BCUT2D eigenvalue weighted by Crippen LogP contribution is -2.55. The van der Waals surface area contributed by atoms with Gasteiger partial charge in [0, 0.05) is 23.6 Å². The predicted molar refractivity (Wildman–Crippen MR) is 199 cm³/mol. The topological polar surface area (TPSA) is 152 Å². The van der Waals surface area contributed by atoms with Crippen LogP contribution in [0.4, 0.5) is 27.2 Å². The lowest BCUT2D eigenvalue weighted by Gasteiger charge is -2.40. The minimum Gasteiger partial charge on any atom is -0.463 e. The summed E-state index contributed by atoms with van der Waals surface area (Å²) in [6, 6.07) is 9.78. The van der Waals surface area contributed by atoms with Gasteiger partial charge in [-0.3, -0.25) is 19.5 Å². The van der Waals surface area contributed by atoms with Crippen LogP contribution in [0, 0.1) is 5.82 Å². The third-order valence-electron chi connectivity index (χ3n) is 9.34. The first-order chi connectivity index (χ1) is 27.4. The molecule has 1 aromatic heterocycles. The van der Waals surface area contributed by atoms with Gasteiger partial charge in [0.25, 0.3) is 0 Å². The van der Waals surface area contributed by atoms with Crippen molar-refractivity contribution in [1.29, 1.82) is 0 Å². The van der Waals surface area contributed by atoms with Crippen molar-refractivity contribution < 1.29 is 65.2 Å². The molecule has 314 valence electrons. The first-order valence-electron chi connectivity index (χ1n) is 18.4. The second-order valence-electron chi connectivity index (χ2n) is 14.7. The highest BCUT2D eigenvalue weighted by Gasteiger charge is 2.38. The number of pyridine rings is 1. The average Bonchev–Trinajstić information content (AvgIpc) is 3.64. The van der Waals surface area contributed by atoms with Crippen molar-refractivity contribution in [3.8, 4) is 11.5 Å². The Balaban J connectivity index is 1.35. The van der Waals surface area contributed by atoms with E-state index in [1.807, 2.05) is 0 Å². The maximum Gasteiger partial charge on any atom is 0.410 e. The first kappa shape index (κ1) is 44.0. The van der Waals surface area contributed by atoms with Crippen LogP contribution in [0.1, 0.15) is 68.2 Å². The van der Waals surface area contributed by atoms with Gasteiger partial charge in [-0.05, 0) is 80.1 Å². The van der Waals surface area contributed by atoms with E-state index in [0.29, 0.717) is 27.6 Å². The van der Waals surface area contributed by atoms with Crippen LogP contribution in [0.15, 0.2) is 54.9 Å². The number of esters is 1. The van der Waals surface area contributed by atoms with Crippen molar-refractivity contribution in [2.75, 3.05) is 33.7 Å². The highest BCUT2D eigenvalue weighted by molar-refractivity contribution is 6.30. The van der Waals surface area contributed by atoms with Crippen LogP contribution in [-0.4, -0.2) is 97.4 Å². The number of Topliss-reactive ketones (excluding diaryl/α,β-unsaturated/α-hetero) is 1. The number of hydrogen-bond acceptors (Lipinski definition) is 11. The molecule has 3 aromatic rings. The van der Waals surface area contributed by atoms with Gasteiger partial charge in [-0.15, -0.1) is 0 Å². The lowest BCUT2D eigenvalue weighted by atomic mass is 9.81. The summed E-state index contributed by atoms with van der Waals surface area (Å²) in [5, 5.41) is 3.12. The molecule has 2 aliphatic rings. The van der Waals surface area contributed by atoms with E-state index in [2.05, 4.69) is 10.3 Å². The number of morpholine rings is 1. The summed E-state index contributed by atoms with van der Waals surface area (Å²) in [6.45, 7) is 4.31. The summed E-state index contributed by atoms with van der Waals surface area (Å²) in [7, 11) is 1.16. The molecule has 3 heterocycles. The number of fused-ring (bicyclic) bond motifs is 1. The van der Waals surface area contributed by atoms with E-state index >= 15 is 4.39 Å². The SMILES string of the molecule is COC(=O)N[C@H](C(=O)Cc1cncc(F)c1CC[C@@H]1CN(C(=O)OC(C)(C)C)[C@H](COC(=O)CCC(F)(F)F)CO1)[C@@H](c1ccc(Cl)cc1)c1ccc2c(c1)OCO2. The Labute approximate surface area is 337 Å². The van der Waals surface area contributed by atoms with Gasteiger partial charge in [0.2, 0.25) is 6.79 Å². The van der Waals surface area contributed by atoms with Gasteiger partial charge in [-0.2, -0.15) is 13.2 Å². The Hall–Kier alpha value is -5.16. The number of nitrogens with zero attached hydrogens (tertiary/aromatic N) is 2. The molecular formula is C40H44ClF4N3O10. The molecule has 18 heteroatoms. The zero-order valence-corrected chi connectivity index (χ0v) is 33.0. The van der Waals surface area contributed by atoms with Crippen LogP contribution in [-0.2, 0) is 41.4 Å². The third-order valence-corrected chi connectivity index (χ3v) is 9.59. The van der Waals surface area contributed by atoms with Crippen LogP contribution >= 0.6 is 11.6 Å². The molecule has 5 rings (SSSR count). The van der Waals surface area contributed by atoms with Gasteiger partial charge in [0.05, 0.1) is 51.4 Å². The number of carbonyl (C=O) groups excluding carboxylic acids is 4. The summed E-state index contributed by atoms with van der Waals surface area (Å²) < 4.78 is 86.0. The molecule has 1 fully saturated rings. The smallest absolute Gasteiger partial charge is 0.410 e. The Morgan fingerprint density at radius 3 is 2.41 bits per heavy atom. The minimum atomic E-state index is -4.54. The van der Waals surface area contributed by atoms with Crippen molar-refractivity contribution in [1.82, 2.24) is 15.2 Å². The van der Waals surface area contributed by atoms with Crippen LogP contribution in [0.5, 0.6) is 11.5 Å². The van der Waals surface area contributed by atoms with Gasteiger partial charge < -0.3 is 33.7 Å². The van der Waals surface area contributed by atoms with Gasteiger partial charge in [-0.25, -0.2) is 14.0 Å². The monoisotopic (exact) mass is 837 g/mol. The molecule has 0 bridgehead atoms. The van der Waals surface area contributed by atoms with Gasteiger partial charge in [0.15, 0.2) is 17.3 Å².